The molecule has 0 fully saturated rings. The van der Waals surface area contributed by atoms with Crippen LogP contribution in [0.5, 0.6) is 0 Å². The predicted octanol–water partition coefficient (Wildman–Crippen LogP) is 17.1. The number of benzene rings is 11. The van der Waals surface area contributed by atoms with Crippen molar-refractivity contribution in [2.24, 2.45) is 0 Å². The summed E-state index contributed by atoms with van der Waals surface area (Å²) in [5, 5.41) is 10.1. The van der Waals surface area contributed by atoms with E-state index in [9.17, 15) is 0 Å². The fourth-order valence-corrected chi connectivity index (χ4v) is 10.2. The van der Waals surface area contributed by atoms with Gasteiger partial charge in [0.15, 0.2) is 0 Å². The van der Waals surface area contributed by atoms with Gasteiger partial charge in [0.1, 0.15) is 0 Å². The highest BCUT2D eigenvalue weighted by atomic mass is 15.1. The van der Waals surface area contributed by atoms with Gasteiger partial charge in [-0.05, 0) is 153 Å². The van der Waals surface area contributed by atoms with Crippen LogP contribution >= 0.6 is 0 Å². The van der Waals surface area contributed by atoms with Gasteiger partial charge in [0, 0.05) is 22.5 Å². The quantitative estimate of drug-likeness (QED) is 0.152. The number of hydrogen-bond donors (Lipinski definition) is 0. The van der Waals surface area contributed by atoms with E-state index in [4.69, 9.17) is 0 Å². The molecule has 0 amide bonds. The van der Waals surface area contributed by atoms with Gasteiger partial charge in [0.05, 0.1) is 0 Å². The fourth-order valence-electron chi connectivity index (χ4n) is 10.2. The molecule has 0 spiro atoms. The summed E-state index contributed by atoms with van der Waals surface area (Å²) in [6, 6.07) is 83.0. The molecule has 0 aromatic heterocycles. The number of nitrogens with zero attached hydrogens (tertiary/aromatic N) is 1. The van der Waals surface area contributed by atoms with E-state index in [1.54, 1.807) is 0 Å². The smallest absolute Gasteiger partial charge is 0.0467 e. The first-order valence-electron chi connectivity index (χ1n) is 21.7. The SMILES string of the molecule is CC1(C)c2ccccc2-c2ccc(-c3ccc(N(c4ccc(-c5ccc6ccc7ccccc7c6c5)cc4)c4cccc(-c5cc6ccccc6c6ccccc56)c4)cc3)cc21. The van der Waals surface area contributed by atoms with Crippen LogP contribution in [0, 0.1) is 0 Å². The monoisotopic (exact) mass is 789 g/mol. The predicted molar refractivity (Wildman–Crippen MR) is 265 cm³/mol. The van der Waals surface area contributed by atoms with Gasteiger partial charge < -0.3 is 4.90 Å². The fraction of sp³-hybridized carbons (Fsp3) is 0.0492. The van der Waals surface area contributed by atoms with E-state index in [2.05, 4.69) is 243 Å². The molecule has 11 aromatic carbocycles. The van der Waals surface area contributed by atoms with Gasteiger partial charge in [-0.3, -0.25) is 0 Å². The maximum atomic E-state index is 2.41. The Labute approximate surface area is 362 Å². The van der Waals surface area contributed by atoms with E-state index in [1.807, 2.05) is 0 Å². The summed E-state index contributed by atoms with van der Waals surface area (Å²) in [7, 11) is 0. The second kappa shape index (κ2) is 14.2. The summed E-state index contributed by atoms with van der Waals surface area (Å²) >= 11 is 0. The summed E-state index contributed by atoms with van der Waals surface area (Å²) in [5.74, 6) is 0. The Morgan fingerprint density at radius 2 is 0.806 bits per heavy atom. The summed E-state index contributed by atoms with van der Waals surface area (Å²) in [4.78, 5) is 2.40. The molecular weight excluding hydrogens is 747 g/mol. The molecule has 1 aliphatic carbocycles. The highest BCUT2D eigenvalue weighted by molar-refractivity contribution is 6.14. The normalized spacial score (nSPS) is 12.8. The maximum absolute atomic E-state index is 2.41. The topological polar surface area (TPSA) is 3.24 Å². The third-order valence-electron chi connectivity index (χ3n) is 13.4. The van der Waals surface area contributed by atoms with Crippen molar-refractivity contribution in [1.82, 2.24) is 0 Å². The second-order valence-electron chi connectivity index (χ2n) is 17.3. The Kier molecular flexibility index (Phi) is 8.27. The lowest BCUT2D eigenvalue weighted by molar-refractivity contribution is 0.660. The second-order valence-corrected chi connectivity index (χ2v) is 17.3. The minimum atomic E-state index is -0.0488. The van der Waals surface area contributed by atoms with Crippen LogP contribution in [0.4, 0.5) is 17.1 Å². The third kappa shape index (κ3) is 5.85. The molecule has 0 saturated carbocycles. The Morgan fingerprint density at radius 1 is 0.274 bits per heavy atom. The van der Waals surface area contributed by atoms with Crippen LogP contribution in [-0.4, -0.2) is 0 Å². The van der Waals surface area contributed by atoms with Crippen molar-refractivity contribution in [3.63, 3.8) is 0 Å². The molecule has 292 valence electrons. The van der Waals surface area contributed by atoms with Crippen LogP contribution < -0.4 is 4.90 Å². The first kappa shape index (κ1) is 36.1. The third-order valence-corrected chi connectivity index (χ3v) is 13.4. The maximum Gasteiger partial charge on any atom is 0.0467 e. The minimum absolute atomic E-state index is 0.0488. The lowest BCUT2D eigenvalue weighted by Gasteiger charge is -2.27. The zero-order chi connectivity index (χ0) is 41.4. The standard InChI is InChI=1S/C61H43N/c1-61(2)59-21-10-9-20-55(59)56-35-30-45(39-60(56)61)41-28-33-49(34-29-41)62(48-31-26-40(27-32-48)44-25-24-43-23-22-42-12-3-5-16-51(42)57(43)37-44)50-15-11-14-46(36-50)58-38-47-13-4-6-17-52(47)53-18-7-8-19-54(53)58/h3-39H,1-2H3. The molecule has 0 unspecified atom stereocenters. The first-order chi connectivity index (χ1) is 30.5. The van der Waals surface area contributed by atoms with E-state index >= 15 is 0 Å². The van der Waals surface area contributed by atoms with Gasteiger partial charge >= 0.3 is 0 Å². The molecule has 1 heteroatoms. The van der Waals surface area contributed by atoms with Crippen LogP contribution in [-0.2, 0) is 5.41 Å². The Hall–Kier alpha value is -7.74. The van der Waals surface area contributed by atoms with E-state index in [-0.39, 0.29) is 5.41 Å². The summed E-state index contributed by atoms with van der Waals surface area (Å²) in [5.41, 5.74) is 16.0. The number of rotatable bonds is 6. The van der Waals surface area contributed by atoms with Gasteiger partial charge in [0.2, 0.25) is 0 Å². The summed E-state index contributed by atoms with van der Waals surface area (Å²) in [6.07, 6.45) is 0. The number of fused-ring (bicyclic) bond motifs is 9. The highest BCUT2D eigenvalue weighted by Gasteiger charge is 2.35. The average Bonchev–Trinajstić information content (AvgIpc) is 3.56. The van der Waals surface area contributed by atoms with Crippen molar-refractivity contribution < 1.29 is 0 Å². The van der Waals surface area contributed by atoms with E-state index in [0.717, 1.165) is 17.1 Å². The largest absolute Gasteiger partial charge is 0.310 e. The zero-order valence-corrected chi connectivity index (χ0v) is 34.8. The summed E-state index contributed by atoms with van der Waals surface area (Å²) in [6.45, 7) is 4.70. The van der Waals surface area contributed by atoms with Gasteiger partial charge in [-0.2, -0.15) is 0 Å². The van der Waals surface area contributed by atoms with Crippen molar-refractivity contribution in [2.75, 3.05) is 4.90 Å². The molecule has 0 aliphatic heterocycles. The molecule has 1 nitrogen and oxygen atoms in total. The lowest BCUT2D eigenvalue weighted by Crippen LogP contribution is -2.14. The molecule has 0 radical (unpaired) electrons. The van der Waals surface area contributed by atoms with E-state index in [0.29, 0.717) is 0 Å². The van der Waals surface area contributed by atoms with Crippen molar-refractivity contribution >= 4 is 60.2 Å². The van der Waals surface area contributed by atoms with E-state index < -0.39 is 0 Å². The average molecular weight is 790 g/mol. The van der Waals surface area contributed by atoms with Crippen LogP contribution in [0.25, 0.3) is 87.6 Å². The highest BCUT2D eigenvalue weighted by Crippen LogP contribution is 2.50. The van der Waals surface area contributed by atoms with Crippen LogP contribution in [0.15, 0.2) is 224 Å². The molecule has 11 aromatic rings. The molecule has 0 N–H and O–H groups in total. The van der Waals surface area contributed by atoms with Gasteiger partial charge in [-0.15, -0.1) is 0 Å². The molecule has 62 heavy (non-hydrogen) atoms. The van der Waals surface area contributed by atoms with Crippen molar-refractivity contribution in [2.45, 2.75) is 19.3 Å². The number of hydrogen-bond acceptors (Lipinski definition) is 1. The Bertz CT molecular complexity index is 3540. The molecule has 0 saturated heterocycles. The van der Waals surface area contributed by atoms with Crippen LogP contribution in [0.1, 0.15) is 25.0 Å². The lowest BCUT2D eigenvalue weighted by atomic mass is 9.81. The molecule has 0 heterocycles. The zero-order valence-electron chi connectivity index (χ0n) is 34.8. The number of anilines is 3. The van der Waals surface area contributed by atoms with Crippen LogP contribution in [0.2, 0.25) is 0 Å². The minimum Gasteiger partial charge on any atom is -0.310 e. The van der Waals surface area contributed by atoms with Gasteiger partial charge in [-0.25, -0.2) is 0 Å². The molecule has 12 rings (SSSR count). The van der Waals surface area contributed by atoms with Crippen molar-refractivity contribution in [3.05, 3.63) is 236 Å². The molecule has 0 bridgehead atoms. The van der Waals surface area contributed by atoms with Crippen LogP contribution in [0.3, 0.4) is 0 Å². The Balaban J connectivity index is 0.964. The van der Waals surface area contributed by atoms with Gasteiger partial charge in [-0.1, -0.05) is 184 Å². The van der Waals surface area contributed by atoms with E-state index in [1.165, 1.54) is 98.7 Å². The molecule has 1 aliphatic rings. The first-order valence-corrected chi connectivity index (χ1v) is 21.7. The summed E-state index contributed by atoms with van der Waals surface area (Å²) < 4.78 is 0. The van der Waals surface area contributed by atoms with Crippen molar-refractivity contribution in [3.8, 4) is 44.5 Å². The molecule has 0 atom stereocenters. The Morgan fingerprint density at radius 3 is 1.55 bits per heavy atom. The molecular formula is C61H43N. The van der Waals surface area contributed by atoms with Gasteiger partial charge in [0.25, 0.3) is 0 Å². The van der Waals surface area contributed by atoms with Crippen molar-refractivity contribution in [1.29, 1.82) is 0 Å².